The Morgan fingerprint density at radius 3 is 1.91 bits per heavy atom. The Hall–Kier alpha value is -4.77. The molecular formula is C29H19N3O2. The highest BCUT2D eigenvalue weighted by atomic mass is 16.5. The summed E-state index contributed by atoms with van der Waals surface area (Å²) in [6.07, 6.45) is 3.49. The van der Waals surface area contributed by atoms with Gasteiger partial charge in [-0.3, -0.25) is 0 Å². The molecule has 3 heterocycles. The van der Waals surface area contributed by atoms with Crippen LogP contribution >= 0.6 is 0 Å². The van der Waals surface area contributed by atoms with E-state index in [1.807, 2.05) is 103 Å². The SMILES string of the molecule is c1cc(Oc2nccc3ccccc23)cc(-c2cccc(Oc3nccc4ccccc34)n2)c1. The number of hydrogen-bond donors (Lipinski definition) is 0. The Labute approximate surface area is 196 Å². The van der Waals surface area contributed by atoms with Crippen LogP contribution in [0.3, 0.4) is 0 Å². The fourth-order valence-electron chi connectivity index (χ4n) is 3.91. The van der Waals surface area contributed by atoms with Crippen molar-refractivity contribution in [2.75, 3.05) is 0 Å². The molecule has 0 bridgehead atoms. The van der Waals surface area contributed by atoms with Gasteiger partial charge < -0.3 is 9.47 Å². The Morgan fingerprint density at radius 2 is 1.18 bits per heavy atom. The van der Waals surface area contributed by atoms with E-state index in [0.29, 0.717) is 23.4 Å². The Morgan fingerprint density at radius 1 is 0.529 bits per heavy atom. The second-order valence-electron chi connectivity index (χ2n) is 7.77. The van der Waals surface area contributed by atoms with E-state index in [-0.39, 0.29) is 0 Å². The van der Waals surface area contributed by atoms with Crippen LogP contribution in [-0.4, -0.2) is 15.0 Å². The molecule has 0 saturated carbocycles. The van der Waals surface area contributed by atoms with Crippen LogP contribution in [0.15, 0.2) is 116 Å². The van der Waals surface area contributed by atoms with Crippen LogP contribution in [0.2, 0.25) is 0 Å². The third-order valence-corrected chi connectivity index (χ3v) is 5.54. The van der Waals surface area contributed by atoms with Gasteiger partial charge in [-0.05, 0) is 53.2 Å². The van der Waals surface area contributed by atoms with Gasteiger partial charge in [0.25, 0.3) is 0 Å². The molecule has 0 unspecified atom stereocenters. The summed E-state index contributed by atoms with van der Waals surface area (Å²) in [6, 6.07) is 33.4. The molecule has 0 N–H and O–H groups in total. The molecule has 5 nitrogen and oxygen atoms in total. The molecule has 5 heteroatoms. The van der Waals surface area contributed by atoms with Crippen molar-refractivity contribution in [3.8, 4) is 34.6 Å². The van der Waals surface area contributed by atoms with E-state index in [1.54, 1.807) is 12.4 Å². The predicted octanol–water partition coefficient (Wildman–Crippen LogP) is 7.43. The summed E-state index contributed by atoms with van der Waals surface area (Å²) in [4.78, 5) is 13.5. The third-order valence-electron chi connectivity index (χ3n) is 5.54. The Kier molecular flexibility index (Phi) is 5.05. The largest absolute Gasteiger partial charge is 0.438 e. The van der Waals surface area contributed by atoms with E-state index in [4.69, 9.17) is 14.5 Å². The van der Waals surface area contributed by atoms with Crippen molar-refractivity contribution in [1.82, 2.24) is 15.0 Å². The van der Waals surface area contributed by atoms with Gasteiger partial charge in [0.1, 0.15) is 5.75 Å². The number of aromatic nitrogens is 3. The molecule has 0 radical (unpaired) electrons. The summed E-state index contributed by atoms with van der Waals surface area (Å²) in [5.74, 6) is 2.26. The van der Waals surface area contributed by atoms with Crippen LogP contribution in [-0.2, 0) is 0 Å². The first-order chi connectivity index (χ1) is 16.8. The fourth-order valence-corrected chi connectivity index (χ4v) is 3.91. The maximum Gasteiger partial charge on any atom is 0.229 e. The van der Waals surface area contributed by atoms with Crippen LogP contribution in [0, 0.1) is 0 Å². The molecule has 34 heavy (non-hydrogen) atoms. The van der Waals surface area contributed by atoms with Crippen molar-refractivity contribution in [1.29, 1.82) is 0 Å². The zero-order valence-corrected chi connectivity index (χ0v) is 18.1. The molecular weight excluding hydrogens is 422 g/mol. The lowest BCUT2D eigenvalue weighted by Crippen LogP contribution is -1.94. The number of hydrogen-bond acceptors (Lipinski definition) is 5. The summed E-state index contributed by atoms with van der Waals surface area (Å²) in [7, 11) is 0. The van der Waals surface area contributed by atoms with Gasteiger partial charge in [-0.2, -0.15) is 0 Å². The monoisotopic (exact) mass is 441 g/mol. The van der Waals surface area contributed by atoms with Gasteiger partial charge in [-0.15, -0.1) is 0 Å². The lowest BCUT2D eigenvalue weighted by atomic mass is 10.1. The molecule has 0 fully saturated rings. The predicted molar refractivity (Wildman–Crippen MR) is 133 cm³/mol. The summed E-state index contributed by atoms with van der Waals surface area (Å²) < 4.78 is 12.2. The summed E-state index contributed by atoms with van der Waals surface area (Å²) in [5.41, 5.74) is 1.68. The molecule has 0 saturated heterocycles. The Balaban J connectivity index is 1.30. The third kappa shape index (κ3) is 3.91. The van der Waals surface area contributed by atoms with Crippen molar-refractivity contribution in [3.05, 3.63) is 116 Å². The van der Waals surface area contributed by atoms with Crippen molar-refractivity contribution in [2.24, 2.45) is 0 Å². The van der Waals surface area contributed by atoms with Gasteiger partial charge in [0, 0.05) is 34.8 Å². The van der Waals surface area contributed by atoms with Crippen LogP contribution in [0.1, 0.15) is 0 Å². The second kappa shape index (κ2) is 8.64. The van der Waals surface area contributed by atoms with E-state index in [9.17, 15) is 0 Å². The average molecular weight is 441 g/mol. The van der Waals surface area contributed by atoms with Gasteiger partial charge in [-0.25, -0.2) is 15.0 Å². The van der Waals surface area contributed by atoms with Crippen LogP contribution in [0.4, 0.5) is 0 Å². The van der Waals surface area contributed by atoms with E-state index < -0.39 is 0 Å². The molecule has 6 rings (SSSR count). The highest BCUT2D eigenvalue weighted by Gasteiger charge is 2.09. The fraction of sp³-hybridized carbons (Fsp3) is 0. The van der Waals surface area contributed by atoms with Crippen LogP contribution in [0.5, 0.6) is 23.4 Å². The lowest BCUT2D eigenvalue weighted by Gasteiger charge is -2.10. The minimum atomic E-state index is 0.475. The minimum absolute atomic E-state index is 0.475. The number of benzene rings is 3. The van der Waals surface area contributed by atoms with E-state index in [2.05, 4.69) is 9.97 Å². The first-order valence-corrected chi connectivity index (χ1v) is 10.9. The van der Waals surface area contributed by atoms with E-state index in [1.165, 1.54) is 0 Å². The van der Waals surface area contributed by atoms with Gasteiger partial charge in [0.2, 0.25) is 17.6 Å². The van der Waals surface area contributed by atoms with E-state index in [0.717, 1.165) is 32.8 Å². The summed E-state index contributed by atoms with van der Waals surface area (Å²) >= 11 is 0. The topological polar surface area (TPSA) is 57.1 Å². The summed E-state index contributed by atoms with van der Waals surface area (Å²) in [6.45, 7) is 0. The molecule has 6 aromatic rings. The Bertz CT molecular complexity index is 1500. The maximum atomic E-state index is 6.15. The van der Waals surface area contributed by atoms with Crippen LogP contribution in [0.25, 0.3) is 32.8 Å². The molecule has 0 spiro atoms. The highest BCUT2D eigenvalue weighted by molar-refractivity contribution is 5.87. The quantitative estimate of drug-likeness (QED) is 0.278. The van der Waals surface area contributed by atoms with Gasteiger partial charge in [-0.1, -0.05) is 54.6 Å². The maximum absolute atomic E-state index is 6.15. The van der Waals surface area contributed by atoms with Gasteiger partial charge in [0.15, 0.2) is 0 Å². The standard InChI is InChI=1S/C29H19N3O2/c1-3-11-24-20(7-1)15-17-30-28(24)33-23-10-5-9-22(19-23)26-13-6-14-27(32-26)34-29-25-12-4-2-8-21(25)16-18-31-29/h1-19H. The molecule has 0 aliphatic heterocycles. The van der Waals surface area contributed by atoms with Crippen LogP contribution < -0.4 is 9.47 Å². The van der Waals surface area contributed by atoms with Gasteiger partial charge >= 0.3 is 0 Å². The zero-order chi connectivity index (χ0) is 22.7. The number of rotatable bonds is 5. The molecule has 3 aromatic carbocycles. The zero-order valence-electron chi connectivity index (χ0n) is 18.1. The van der Waals surface area contributed by atoms with Crippen molar-refractivity contribution < 1.29 is 9.47 Å². The van der Waals surface area contributed by atoms with Gasteiger partial charge in [0.05, 0.1) is 5.69 Å². The van der Waals surface area contributed by atoms with Crippen molar-refractivity contribution in [2.45, 2.75) is 0 Å². The number of pyridine rings is 3. The van der Waals surface area contributed by atoms with Crippen molar-refractivity contribution >= 4 is 21.5 Å². The first-order valence-electron chi connectivity index (χ1n) is 10.9. The first kappa shape index (κ1) is 19.9. The molecule has 3 aromatic heterocycles. The average Bonchev–Trinajstić information content (AvgIpc) is 2.90. The number of ether oxygens (including phenoxy) is 2. The molecule has 162 valence electrons. The van der Waals surface area contributed by atoms with Crippen molar-refractivity contribution in [3.63, 3.8) is 0 Å². The summed E-state index contributed by atoms with van der Waals surface area (Å²) in [5, 5.41) is 4.05. The molecule has 0 aliphatic rings. The highest BCUT2D eigenvalue weighted by Crippen LogP contribution is 2.31. The number of fused-ring (bicyclic) bond motifs is 2. The normalized spacial score (nSPS) is 10.9. The minimum Gasteiger partial charge on any atom is -0.438 e. The number of nitrogens with zero attached hydrogens (tertiary/aromatic N) is 3. The molecule has 0 amide bonds. The molecule has 0 aliphatic carbocycles. The second-order valence-corrected chi connectivity index (χ2v) is 7.77. The lowest BCUT2D eigenvalue weighted by molar-refractivity contribution is 0.451. The smallest absolute Gasteiger partial charge is 0.229 e. The molecule has 0 atom stereocenters. The van der Waals surface area contributed by atoms with E-state index >= 15 is 0 Å².